The molecule has 4 rings (SSSR count). The molecule has 11 nitrogen and oxygen atoms in total. The highest BCUT2D eigenvalue weighted by Gasteiger charge is 2.41. The number of para-hydroxylation sites is 1. The minimum absolute atomic E-state index is 0.0224. The van der Waals surface area contributed by atoms with Gasteiger partial charge in [0.15, 0.2) is 17.3 Å². The van der Waals surface area contributed by atoms with Crippen molar-refractivity contribution in [3.8, 4) is 23.0 Å². The molecule has 3 aromatic carbocycles. The zero-order valence-electron chi connectivity index (χ0n) is 20.5. The van der Waals surface area contributed by atoms with Crippen LogP contribution in [0.15, 0.2) is 60.7 Å². The number of ketones is 1. The fourth-order valence-corrected chi connectivity index (χ4v) is 4.86. The summed E-state index contributed by atoms with van der Waals surface area (Å²) in [4.78, 5) is 51.8. The molecule has 0 spiro atoms. The number of amides is 2. The van der Waals surface area contributed by atoms with Crippen LogP contribution in [0.25, 0.3) is 0 Å². The van der Waals surface area contributed by atoms with Crippen LogP contribution >= 0.6 is 0 Å². The monoisotopic (exact) mass is 534 g/mol. The largest absolute Gasteiger partial charge is 0.508 e. The van der Waals surface area contributed by atoms with Gasteiger partial charge in [0, 0.05) is 17.5 Å². The lowest BCUT2D eigenvalue weighted by atomic mass is 9.86. The number of nitrogens with one attached hydrogen (secondary N) is 2. The Morgan fingerprint density at radius 2 is 1.41 bits per heavy atom. The van der Waals surface area contributed by atoms with Crippen molar-refractivity contribution in [3.63, 3.8) is 0 Å². The van der Waals surface area contributed by atoms with Crippen LogP contribution in [-0.2, 0) is 0 Å². The third-order valence-electron chi connectivity index (χ3n) is 6.79. The second kappa shape index (κ2) is 11.1. The molecular weight excluding hydrogens is 508 g/mol. The number of hydrogen-bond acceptors (Lipinski definition) is 8. The van der Waals surface area contributed by atoms with E-state index in [4.69, 9.17) is 0 Å². The van der Waals surface area contributed by atoms with Gasteiger partial charge in [-0.2, -0.15) is 0 Å². The number of hydrogen-bond donors (Lipinski definition) is 7. The van der Waals surface area contributed by atoms with Gasteiger partial charge in [-0.1, -0.05) is 18.6 Å². The van der Waals surface area contributed by atoms with Crippen LogP contribution in [-0.4, -0.2) is 61.2 Å². The van der Waals surface area contributed by atoms with Gasteiger partial charge >= 0.3 is 5.97 Å². The number of aromatic carboxylic acids is 1. The topological polar surface area (TPSA) is 193 Å². The predicted octanol–water partition coefficient (Wildman–Crippen LogP) is 2.79. The summed E-state index contributed by atoms with van der Waals surface area (Å²) >= 11 is 0. The molecule has 0 saturated heterocycles. The van der Waals surface area contributed by atoms with Gasteiger partial charge in [0.05, 0.1) is 22.7 Å². The molecule has 11 heteroatoms. The van der Waals surface area contributed by atoms with E-state index in [0.717, 1.165) is 12.1 Å². The first-order valence-corrected chi connectivity index (χ1v) is 12.1. The van der Waals surface area contributed by atoms with E-state index in [1.807, 2.05) is 0 Å². The van der Waals surface area contributed by atoms with Crippen LogP contribution in [0, 0.1) is 5.92 Å². The molecule has 1 fully saturated rings. The van der Waals surface area contributed by atoms with Gasteiger partial charge < -0.3 is 36.2 Å². The maximum absolute atomic E-state index is 13.8. The molecule has 3 aromatic rings. The van der Waals surface area contributed by atoms with Crippen LogP contribution in [0.2, 0.25) is 0 Å². The minimum atomic E-state index is -1.46. The first kappa shape index (κ1) is 27.0. The van der Waals surface area contributed by atoms with E-state index in [2.05, 4.69) is 10.6 Å². The van der Waals surface area contributed by atoms with Gasteiger partial charge in [0.2, 0.25) is 0 Å². The molecule has 7 N–H and O–H groups in total. The average molecular weight is 535 g/mol. The molecule has 0 bridgehead atoms. The van der Waals surface area contributed by atoms with Gasteiger partial charge in [-0.15, -0.1) is 0 Å². The summed E-state index contributed by atoms with van der Waals surface area (Å²) in [6, 6.07) is 10.8. The van der Waals surface area contributed by atoms with E-state index in [1.54, 1.807) is 0 Å². The first-order valence-electron chi connectivity index (χ1n) is 12.1. The zero-order valence-corrected chi connectivity index (χ0v) is 20.5. The van der Waals surface area contributed by atoms with E-state index in [1.165, 1.54) is 48.5 Å². The van der Waals surface area contributed by atoms with Gasteiger partial charge in [0.1, 0.15) is 11.5 Å². The number of carbonyl (C=O) groups excluding carboxylic acids is 3. The molecule has 3 unspecified atom stereocenters. The Hall–Kier alpha value is -5.06. The number of rotatable bonds is 8. The summed E-state index contributed by atoms with van der Waals surface area (Å²) in [5.74, 6) is -6.37. The molecule has 0 aliphatic heterocycles. The van der Waals surface area contributed by atoms with E-state index in [-0.39, 0.29) is 16.9 Å². The Bertz CT molecular complexity index is 1440. The Morgan fingerprint density at radius 3 is 2.08 bits per heavy atom. The highest BCUT2D eigenvalue weighted by Crippen LogP contribution is 2.34. The van der Waals surface area contributed by atoms with E-state index in [0.29, 0.717) is 19.3 Å². The fourth-order valence-electron chi connectivity index (χ4n) is 4.86. The third kappa shape index (κ3) is 5.61. The van der Waals surface area contributed by atoms with Crippen molar-refractivity contribution in [2.75, 3.05) is 0 Å². The van der Waals surface area contributed by atoms with Gasteiger partial charge in [0.25, 0.3) is 11.8 Å². The molecule has 2 amide bonds. The fraction of sp³-hybridized carbons (Fsp3) is 0.214. The van der Waals surface area contributed by atoms with Crippen molar-refractivity contribution in [3.05, 3.63) is 82.9 Å². The standard InChI is InChI=1S/C28H26N2O9/c31-15-12-10-14(11-13-15)26(36)29-19-7-1-4-16(19)23(30-27(37)18-6-3-9-21(33)24(18)34)25(35)22-17(28(38)39)5-2-8-20(22)32/h2-3,5-6,8-13,16,19,23,31-34H,1,4,7H2,(H,29,36)(H,30,37)(H,38,39). The number of carboxylic acid groups (broad SMARTS) is 1. The van der Waals surface area contributed by atoms with Crippen LogP contribution in [0.1, 0.15) is 60.7 Å². The number of carboxylic acids is 1. The second-order valence-corrected chi connectivity index (χ2v) is 9.22. The van der Waals surface area contributed by atoms with Crippen molar-refractivity contribution in [1.29, 1.82) is 0 Å². The lowest BCUT2D eigenvalue weighted by Crippen LogP contribution is -2.52. The number of carbonyl (C=O) groups is 4. The third-order valence-corrected chi connectivity index (χ3v) is 6.79. The Labute approximate surface area is 222 Å². The predicted molar refractivity (Wildman–Crippen MR) is 137 cm³/mol. The summed E-state index contributed by atoms with van der Waals surface area (Å²) in [6.07, 6.45) is 1.37. The number of phenolic OH excluding ortho intramolecular Hbond substituents is 4. The Balaban J connectivity index is 1.71. The smallest absolute Gasteiger partial charge is 0.336 e. The Kier molecular flexibility index (Phi) is 7.70. The highest BCUT2D eigenvalue weighted by molar-refractivity contribution is 6.12. The SMILES string of the molecule is O=C(NC1CCCC1C(NC(=O)c1cccc(O)c1O)C(=O)c1c(O)cccc1C(=O)O)c1ccc(O)cc1. The van der Waals surface area contributed by atoms with Crippen molar-refractivity contribution < 1.29 is 44.7 Å². The molecule has 3 atom stereocenters. The van der Waals surface area contributed by atoms with Crippen LogP contribution in [0.5, 0.6) is 23.0 Å². The maximum atomic E-state index is 13.8. The number of aromatic hydroxyl groups is 4. The molecule has 1 saturated carbocycles. The molecule has 1 aliphatic rings. The second-order valence-electron chi connectivity index (χ2n) is 9.22. The van der Waals surface area contributed by atoms with E-state index >= 15 is 0 Å². The van der Waals surface area contributed by atoms with E-state index < -0.39 is 69.9 Å². The van der Waals surface area contributed by atoms with Crippen LogP contribution in [0.3, 0.4) is 0 Å². The molecule has 202 valence electrons. The lowest BCUT2D eigenvalue weighted by Gasteiger charge is -2.30. The summed E-state index contributed by atoms with van der Waals surface area (Å²) in [7, 11) is 0. The molecule has 0 aromatic heterocycles. The molecule has 0 radical (unpaired) electrons. The summed E-state index contributed by atoms with van der Waals surface area (Å²) in [5, 5.41) is 55.0. The van der Waals surface area contributed by atoms with Gasteiger partial charge in [-0.25, -0.2) is 4.79 Å². The van der Waals surface area contributed by atoms with Crippen molar-refractivity contribution in [2.24, 2.45) is 5.92 Å². The molecule has 39 heavy (non-hydrogen) atoms. The quantitative estimate of drug-likeness (QED) is 0.168. The van der Waals surface area contributed by atoms with Crippen molar-refractivity contribution in [1.82, 2.24) is 10.6 Å². The van der Waals surface area contributed by atoms with Gasteiger partial charge in [-0.3, -0.25) is 14.4 Å². The highest BCUT2D eigenvalue weighted by atomic mass is 16.4. The Morgan fingerprint density at radius 1 is 0.769 bits per heavy atom. The number of benzene rings is 3. The molecule has 1 aliphatic carbocycles. The summed E-state index contributed by atoms with van der Waals surface area (Å²) < 4.78 is 0. The summed E-state index contributed by atoms with van der Waals surface area (Å²) in [5.41, 5.74) is -1.05. The zero-order chi connectivity index (χ0) is 28.3. The number of phenols is 4. The average Bonchev–Trinajstić information content (AvgIpc) is 3.36. The van der Waals surface area contributed by atoms with Crippen LogP contribution < -0.4 is 10.6 Å². The summed E-state index contributed by atoms with van der Waals surface area (Å²) in [6.45, 7) is 0. The number of Topliss-reactive ketones (excluding diaryl/α,β-unsaturated/α-hetero) is 1. The van der Waals surface area contributed by atoms with Crippen LogP contribution in [0.4, 0.5) is 0 Å². The van der Waals surface area contributed by atoms with Gasteiger partial charge in [-0.05, 0) is 61.4 Å². The van der Waals surface area contributed by atoms with E-state index in [9.17, 15) is 44.7 Å². The maximum Gasteiger partial charge on any atom is 0.336 e. The first-order chi connectivity index (χ1) is 18.6. The van der Waals surface area contributed by atoms with Crippen molar-refractivity contribution >= 4 is 23.6 Å². The van der Waals surface area contributed by atoms with Crippen molar-refractivity contribution in [2.45, 2.75) is 31.3 Å². The lowest BCUT2D eigenvalue weighted by molar-refractivity contribution is 0.0688. The minimum Gasteiger partial charge on any atom is -0.508 e. The molecular formula is C28H26N2O9. The molecule has 0 heterocycles. The normalized spacial score (nSPS) is 17.2.